The topological polar surface area (TPSA) is 84.2 Å². The van der Waals surface area contributed by atoms with Gasteiger partial charge < -0.3 is 10.4 Å². The summed E-state index contributed by atoms with van der Waals surface area (Å²) >= 11 is 0. The van der Waals surface area contributed by atoms with E-state index in [1.165, 1.54) is 0 Å². The van der Waals surface area contributed by atoms with Crippen LogP contribution in [0.4, 0.5) is 5.69 Å². The first-order valence-corrected chi connectivity index (χ1v) is 8.29. The predicted molar refractivity (Wildman–Crippen MR) is 98.1 cm³/mol. The third-order valence-corrected chi connectivity index (χ3v) is 3.99. The van der Waals surface area contributed by atoms with Gasteiger partial charge in [0.05, 0.1) is 6.54 Å². The Morgan fingerprint density at radius 3 is 2.50 bits per heavy atom. The Morgan fingerprint density at radius 1 is 1.04 bits per heavy atom. The molecular weight excluding hydrogens is 330 g/mol. The van der Waals surface area contributed by atoms with Crippen molar-refractivity contribution in [3.05, 3.63) is 83.7 Å². The Kier molecular flexibility index (Phi) is 5.43. The second-order valence-electron chi connectivity index (χ2n) is 5.91. The zero-order chi connectivity index (χ0) is 18.4. The van der Waals surface area contributed by atoms with Gasteiger partial charge in [-0.1, -0.05) is 30.3 Å². The lowest BCUT2D eigenvalue weighted by Gasteiger charge is -2.11. The molecule has 3 aromatic rings. The summed E-state index contributed by atoms with van der Waals surface area (Å²) in [7, 11) is 0. The lowest BCUT2D eigenvalue weighted by molar-refractivity contribution is -0.136. The van der Waals surface area contributed by atoms with Gasteiger partial charge in [-0.25, -0.2) is 0 Å². The summed E-state index contributed by atoms with van der Waals surface area (Å²) in [6.45, 7) is 0.519. The van der Waals surface area contributed by atoms with Gasteiger partial charge >= 0.3 is 5.97 Å². The fraction of sp³-hybridized carbons (Fsp3) is 0.150. The minimum atomic E-state index is -0.823. The molecule has 0 aliphatic rings. The Labute approximate surface area is 151 Å². The van der Waals surface area contributed by atoms with Crippen molar-refractivity contribution in [3.8, 4) is 0 Å². The molecule has 0 aliphatic carbocycles. The number of carbonyl (C=O) groups excluding carboxylic acids is 1. The van der Waals surface area contributed by atoms with Gasteiger partial charge in [0, 0.05) is 30.1 Å². The van der Waals surface area contributed by atoms with E-state index in [-0.39, 0.29) is 12.3 Å². The molecule has 1 aromatic heterocycles. The van der Waals surface area contributed by atoms with E-state index in [1.54, 1.807) is 29.1 Å². The number of carboxylic acid groups (broad SMARTS) is 1. The van der Waals surface area contributed by atoms with Crippen molar-refractivity contribution >= 4 is 17.6 Å². The Morgan fingerprint density at radius 2 is 1.81 bits per heavy atom. The third kappa shape index (κ3) is 4.57. The Balaban J connectivity index is 1.69. The standard InChI is InChI=1S/C20H19N3O3/c24-19(25)11-8-15-6-9-17(10-7-15)22-20(26)18-5-2-1-4-16(18)14-23-13-3-12-21-23/h1-7,9-10,12-13H,8,11,14H2,(H,22,26)(H,24,25). The molecule has 0 radical (unpaired) electrons. The molecule has 0 spiro atoms. The minimum Gasteiger partial charge on any atom is -0.481 e. The molecule has 132 valence electrons. The normalized spacial score (nSPS) is 10.5. The van der Waals surface area contributed by atoms with Gasteiger partial charge in [-0.3, -0.25) is 14.3 Å². The van der Waals surface area contributed by atoms with Crippen molar-refractivity contribution in [2.24, 2.45) is 0 Å². The lowest BCUT2D eigenvalue weighted by Crippen LogP contribution is -2.15. The third-order valence-electron chi connectivity index (χ3n) is 3.99. The molecular formula is C20H19N3O3. The summed E-state index contributed by atoms with van der Waals surface area (Å²) in [6, 6.07) is 16.5. The van der Waals surface area contributed by atoms with E-state index < -0.39 is 5.97 Å². The van der Waals surface area contributed by atoms with Gasteiger partial charge in [0.25, 0.3) is 5.91 Å². The van der Waals surface area contributed by atoms with Gasteiger partial charge in [0.2, 0.25) is 0 Å². The molecule has 2 N–H and O–H groups in total. The van der Waals surface area contributed by atoms with Crippen molar-refractivity contribution in [3.63, 3.8) is 0 Å². The first kappa shape index (κ1) is 17.4. The number of benzene rings is 2. The molecule has 1 amide bonds. The van der Waals surface area contributed by atoms with Crippen LogP contribution in [0.5, 0.6) is 0 Å². The number of carboxylic acids is 1. The quantitative estimate of drug-likeness (QED) is 0.686. The number of amides is 1. The van der Waals surface area contributed by atoms with E-state index in [0.717, 1.165) is 11.1 Å². The van der Waals surface area contributed by atoms with E-state index in [2.05, 4.69) is 10.4 Å². The molecule has 1 heterocycles. The van der Waals surface area contributed by atoms with Gasteiger partial charge in [-0.2, -0.15) is 5.10 Å². The fourth-order valence-corrected chi connectivity index (χ4v) is 2.65. The van der Waals surface area contributed by atoms with Crippen molar-refractivity contribution in [1.82, 2.24) is 9.78 Å². The largest absolute Gasteiger partial charge is 0.481 e. The van der Waals surface area contributed by atoms with Crippen molar-refractivity contribution in [2.45, 2.75) is 19.4 Å². The molecule has 0 bridgehead atoms. The number of hydrogen-bond donors (Lipinski definition) is 2. The molecule has 26 heavy (non-hydrogen) atoms. The van der Waals surface area contributed by atoms with Crippen LogP contribution in [-0.4, -0.2) is 26.8 Å². The van der Waals surface area contributed by atoms with Crippen LogP contribution in [0.3, 0.4) is 0 Å². The van der Waals surface area contributed by atoms with Gasteiger partial charge in [-0.15, -0.1) is 0 Å². The maximum Gasteiger partial charge on any atom is 0.303 e. The summed E-state index contributed by atoms with van der Waals surface area (Å²) in [6.07, 6.45) is 4.11. The summed E-state index contributed by atoms with van der Waals surface area (Å²) in [5, 5.41) is 15.8. The van der Waals surface area contributed by atoms with Crippen LogP contribution in [0.2, 0.25) is 0 Å². The van der Waals surface area contributed by atoms with Crippen LogP contribution < -0.4 is 5.32 Å². The second kappa shape index (κ2) is 8.11. The highest BCUT2D eigenvalue weighted by Gasteiger charge is 2.12. The number of aromatic nitrogens is 2. The molecule has 6 nitrogen and oxygen atoms in total. The first-order chi connectivity index (χ1) is 12.6. The average Bonchev–Trinajstić information content (AvgIpc) is 3.14. The van der Waals surface area contributed by atoms with E-state index in [4.69, 9.17) is 5.11 Å². The summed E-state index contributed by atoms with van der Waals surface area (Å²) in [5.74, 6) is -1.01. The fourth-order valence-electron chi connectivity index (χ4n) is 2.65. The molecule has 0 aliphatic heterocycles. The van der Waals surface area contributed by atoms with Gasteiger partial charge in [0.1, 0.15) is 0 Å². The highest BCUT2D eigenvalue weighted by Crippen LogP contribution is 2.15. The van der Waals surface area contributed by atoms with Crippen LogP contribution in [0.25, 0.3) is 0 Å². The number of aryl methyl sites for hydroxylation is 1. The van der Waals surface area contributed by atoms with Gasteiger partial charge in [-0.05, 0) is 41.8 Å². The first-order valence-electron chi connectivity index (χ1n) is 8.29. The van der Waals surface area contributed by atoms with Crippen molar-refractivity contribution in [1.29, 1.82) is 0 Å². The number of rotatable bonds is 7. The van der Waals surface area contributed by atoms with Crippen molar-refractivity contribution < 1.29 is 14.7 Å². The summed E-state index contributed by atoms with van der Waals surface area (Å²) in [4.78, 5) is 23.3. The zero-order valence-corrected chi connectivity index (χ0v) is 14.1. The Bertz CT molecular complexity index is 887. The number of nitrogens with zero attached hydrogens (tertiary/aromatic N) is 2. The molecule has 0 saturated heterocycles. The molecule has 6 heteroatoms. The number of nitrogens with one attached hydrogen (secondary N) is 1. The SMILES string of the molecule is O=C(O)CCc1ccc(NC(=O)c2ccccc2Cn2cccn2)cc1. The van der Waals surface area contributed by atoms with Crippen LogP contribution in [0, 0.1) is 0 Å². The number of aliphatic carboxylic acids is 1. The molecule has 0 atom stereocenters. The molecule has 2 aromatic carbocycles. The van der Waals surface area contributed by atoms with Crippen LogP contribution in [0.15, 0.2) is 67.0 Å². The molecule has 0 fully saturated rings. The average molecular weight is 349 g/mol. The monoisotopic (exact) mass is 349 g/mol. The van der Waals surface area contributed by atoms with E-state index in [0.29, 0.717) is 24.2 Å². The number of hydrogen-bond acceptors (Lipinski definition) is 3. The minimum absolute atomic E-state index is 0.0898. The van der Waals surface area contributed by atoms with Crippen LogP contribution in [-0.2, 0) is 17.8 Å². The van der Waals surface area contributed by atoms with Crippen LogP contribution >= 0.6 is 0 Å². The smallest absolute Gasteiger partial charge is 0.303 e. The van der Waals surface area contributed by atoms with Crippen molar-refractivity contribution in [2.75, 3.05) is 5.32 Å². The molecule has 3 rings (SSSR count). The Hall–Kier alpha value is -3.41. The highest BCUT2D eigenvalue weighted by molar-refractivity contribution is 6.05. The second-order valence-corrected chi connectivity index (χ2v) is 5.91. The lowest BCUT2D eigenvalue weighted by atomic mass is 10.1. The highest BCUT2D eigenvalue weighted by atomic mass is 16.4. The maximum atomic E-state index is 12.6. The number of carbonyl (C=O) groups is 2. The van der Waals surface area contributed by atoms with E-state index in [9.17, 15) is 9.59 Å². The van der Waals surface area contributed by atoms with E-state index >= 15 is 0 Å². The van der Waals surface area contributed by atoms with E-state index in [1.807, 2.05) is 42.6 Å². The predicted octanol–water partition coefficient (Wildman–Crippen LogP) is 3.20. The summed E-state index contributed by atoms with van der Waals surface area (Å²) < 4.78 is 1.77. The summed E-state index contributed by atoms with van der Waals surface area (Å²) in [5.41, 5.74) is 3.07. The number of anilines is 1. The zero-order valence-electron chi connectivity index (χ0n) is 14.1. The molecule has 0 unspecified atom stereocenters. The maximum absolute atomic E-state index is 12.6. The van der Waals surface area contributed by atoms with Crippen LogP contribution in [0.1, 0.15) is 27.9 Å². The molecule has 0 saturated carbocycles. The van der Waals surface area contributed by atoms with Gasteiger partial charge in [0.15, 0.2) is 0 Å².